The van der Waals surface area contributed by atoms with Crippen LogP contribution >= 0.6 is 0 Å². The number of nitrogens with zero attached hydrogens (tertiary/aromatic N) is 1. The quantitative estimate of drug-likeness (QED) is 0.450. The van der Waals surface area contributed by atoms with E-state index in [4.69, 9.17) is 24.4 Å². The van der Waals surface area contributed by atoms with Crippen LogP contribution in [0.4, 0.5) is 0 Å². The van der Waals surface area contributed by atoms with Gasteiger partial charge in [-0.25, -0.2) is 4.79 Å². The molecule has 1 aliphatic carbocycles. The van der Waals surface area contributed by atoms with Gasteiger partial charge >= 0.3 is 5.63 Å². The smallest absolute Gasteiger partial charge is 0.344 e. The lowest BCUT2D eigenvalue weighted by atomic mass is 9.76. The zero-order chi connectivity index (χ0) is 27.1. The Morgan fingerprint density at radius 3 is 2.50 bits per heavy atom. The first-order valence-electron chi connectivity index (χ1n) is 12.4. The number of hydrogen-bond acceptors (Lipinski definition) is 8. The maximum Gasteiger partial charge on any atom is 0.344 e. The average molecular weight is 513 g/mol. The van der Waals surface area contributed by atoms with E-state index in [1.807, 2.05) is 26.0 Å². The number of Topliss-reactive ketones (excluding diaryl/α,β-unsaturated/α-hetero) is 1. The zero-order valence-electron chi connectivity index (χ0n) is 21.7. The highest BCUT2D eigenvalue weighted by Gasteiger charge is 2.38. The molecule has 8 heteroatoms. The minimum absolute atomic E-state index is 0.00487. The molecule has 3 aromatic rings. The van der Waals surface area contributed by atoms with Crippen LogP contribution in [0.15, 0.2) is 68.4 Å². The van der Waals surface area contributed by atoms with Crippen LogP contribution in [0.1, 0.15) is 56.1 Å². The number of carbonyl (C=O) groups excluding carboxylic acids is 1. The van der Waals surface area contributed by atoms with Crippen LogP contribution in [0.2, 0.25) is 0 Å². The van der Waals surface area contributed by atoms with Gasteiger partial charge in [-0.3, -0.25) is 4.79 Å². The zero-order valence-corrected chi connectivity index (χ0v) is 21.7. The number of ether oxygens (including phenoxy) is 3. The van der Waals surface area contributed by atoms with Crippen molar-refractivity contribution in [3.05, 3.63) is 80.7 Å². The summed E-state index contributed by atoms with van der Waals surface area (Å²) in [5, 5.41) is 10.7. The van der Waals surface area contributed by atoms with Crippen LogP contribution in [0.25, 0.3) is 22.1 Å². The van der Waals surface area contributed by atoms with Crippen molar-refractivity contribution in [2.45, 2.75) is 44.9 Å². The molecule has 0 saturated heterocycles. The van der Waals surface area contributed by atoms with Crippen LogP contribution in [-0.2, 0) is 9.53 Å². The second-order valence-electron chi connectivity index (χ2n) is 9.74. The SMILES string of the molecule is COc1ccc(-c2cc3cc(C4C(C#N)=C(N)OC5=C4C(=O)CCC5)cc(C(C)C)c3oc2=O)cc1OC. The molecular weight excluding hydrogens is 484 g/mol. The van der Waals surface area contributed by atoms with Crippen LogP contribution < -0.4 is 20.8 Å². The Kier molecular flexibility index (Phi) is 6.45. The van der Waals surface area contributed by atoms with E-state index in [9.17, 15) is 14.9 Å². The van der Waals surface area contributed by atoms with Crippen molar-refractivity contribution in [1.29, 1.82) is 5.26 Å². The second kappa shape index (κ2) is 9.75. The van der Waals surface area contributed by atoms with Crippen molar-refractivity contribution < 1.29 is 23.4 Å². The molecule has 0 spiro atoms. The number of methoxy groups -OCH3 is 2. The summed E-state index contributed by atoms with van der Waals surface area (Å²) in [6, 6.07) is 12.9. The van der Waals surface area contributed by atoms with Crippen molar-refractivity contribution in [1.82, 2.24) is 0 Å². The lowest BCUT2D eigenvalue weighted by Gasteiger charge is -2.31. The normalized spacial score (nSPS) is 17.4. The largest absolute Gasteiger partial charge is 0.493 e. The van der Waals surface area contributed by atoms with Crippen LogP contribution in [-0.4, -0.2) is 20.0 Å². The van der Waals surface area contributed by atoms with Gasteiger partial charge in [-0.05, 0) is 53.3 Å². The molecule has 2 N–H and O–H groups in total. The molecule has 2 aliphatic rings. The van der Waals surface area contributed by atoms with Crippen molar-refractivity contribution in [2.75, 3.05) is 14.2 Å². The lowest BCUT2D eigenvalue weighted by molar-refractivity contribution is -0.116. The number of carbonyl (C=O) groups is 1. The lowest BCUT2D eigenvalue weighted by Crippen LogP contribution is -2.27. The van der Waals surface area contributed by atoms with Crippen molar-refractivity contribution >= 4 is 16.8 Å². The highest BCUT2D eigenvalue weighted by Crippen LogP contribution is 2.45. The Morgan fingerprint density at radius 2 is 1.82 bits per heavy atom. The molecule has 1 aliphatic heterocycles. The molecule has 0 radical (unpaired) electrons. The molecule has 2 aromatic carbocycles. The average Bonchev–Trinajstić information content (AvgIpc) is 2.91. The van der Waals surface area contributed by atoms with Gasteiger partial charge < -0.3 is 24.4 Å². The highest BCUT2D eigenvalue weighted by atomic mass is 16.5. The van der Waals surface area contributed by atoms with E-state index in [1.54, 1.807) is 31.4 Å². The van der Waals surface area contributed by atoms with Gasteiger partial charge in [0.2, 0.25) is 5.88 Å². The summed E-state index contributed by atoms with van der Waals surface area (Å²) >= 11 is 0. The molecule has 194 valence electrons. The van der Waals surface area contributed by atoms with E-state index in [-0.39, 0.29) is 23.2 Å². The standard InChI is InChI=1S/C30H28N2O6/c1-15(2)19-11-17(26-21(14-31)29(32)37-24-7-5-6-22(33)27(24)26)10-18-12-20(30(34)38-28(18)19)16-8-9-23(35-3)25(13-16)36-4/h8-13,15,26H,5-7,32H2,1-4H3. The molecule has 1 unspecified atom stereocenters. The molecule has 0 fully saturated rings. The third-order valence-corrected chi connectivity index (χ3v) is 7.14. The maximum absolute atomic E-state index is 13.1. The molecule has 1 atom stereocenters. The number of hydrogen-bond donors (Lipinski definition) is 1. The number of allylic oxidation sites excluding steroid dienone is 3. The fourth-order valence-corrected chi connectivity index (χ4v) is 5.28. The van der Waals surface area contributed by atoms with E-state index in [1.165, 1.54) is 7.11 Å². The number of nitriles is 1. The van der Waals surface area contributed by atoms with Gasteiger partial charge in [0.1, 0.15) is 23.0 Å². The Labute approximate surface area is 219 Å². The summed E-state index contributed by atoms with van der Waals surface area (Å²) in [6.07, 6.45) is 1.65. The predicted octanol–water partition coefficient (Wildman–Crippen LogP) is 5.42. The van der Waals surface area contributed by atoms with Crippen LogP contribution in [0.3, 0.4) is 0 Å². The predicted molar refractivity (Wildman–Crippen MR) is 142 cm³/mol. The Bertz CT molecular complexity index is 1640. The van der Waals surface area contributed by atoms with E-state index in [2.05, 4.69) is 6.07 Å². The fourth-order valence-electron chi connectivity index (χ4n) is 5.28. The summed E-state index contributed by atoms with van der Waals surface area (Å²) < 4.78 is 22.3. The second-order valence-corrected chi connectivity index (χ2v) is 9.74. The Morgan fingerprint density at radius 1 is 1.05 bits per heavy atom. The van der Waals surface area contributed by atoms with Crippen LogP contribution in [0, 0.1) is 11.3 Å². The van der Waals surface area contributed by atoms with E-state index in [0.29, 0.717) is 64.2 Å². The molecule has 0 saturated carbocycles. The van der Waals surface area contributed by atoms with Gasteiger partial charge in [0.05, 0.1) is 25.7 Å². The van der Waals surface area contributed by atoms with Gasteiger partial charge in [-0.2, -0.15) is 5.26 Å². The first-order valence-corrected chi connectivity index (χ1v) is 12.4. The number of fused-ring (bicyclic) bond motifs is 1. The molecule has 8 nitrogen and oxygen atoms in total. The number of benzene rings is 2. The van der Waals surface area contributed by atoms with Crippen molar-refractivity contribution in [3.63, 3.8) is 0 Å². The van der Waals surface area contributed by atoms with Gasteiger partial charge in [-0.15, -0.1) is 0 Å². The third-order valence-electron chi connectivity index (χ3n) is 7.14. The van der Waals surface area contributed by atoms with Gasteiger partial charge in [0.25, 0.3) is 0 Å². The topological polar surface area (TPSA) is 125 Å². The van der Waals surface area contributed by atoms with Gasteiger partial charge in [-0.1, -0.05) is 26.0 Å². The first-order chi connectivity index (χ1) is 18.3. The summed E-state index contributed by atoms with van der Waals surface area (Å²) in [5.74, 6) is 0.859. The van der Waals surface area contributed by atoms with Crippen molar-refractivity contribution in [2.24, 2.45) is 5.73 Å². The summed E-state index contributed by atoms with van der Waals surface area (Å²) in [6.45, 7) is 3.99. The molecule has 0 bridgehead atoms. The summed E-state index contributed by atoms with van der Waals surface area (Å²) in [5.41, 5.74) is 9.28. The molecule has 38 heavy (non-hydrogen) atoms. The highest BCUT2D eigenvalue weighted by molar-refractivity contribution is 6.00. The van der Waals surface area contributed by atoms with Crippen LogP contribution in [0.5, 0.6) is 11.5 Å². The summed E-state index contributed by atoms with van der Waals surface area (Å²) in [7, 11) is 3.07. The van der Waals surface area contributed by atoms with Gasteiger partial charge in [0, 0.05) is 23.8 Å². The maximum atomic E-state index is 13.1. The Hall–Kier alpha value is -4.51. The summed E-state index contributed by atoms with van der Waals surface area (Å²) in [4.78, 5) is 26.2. The minimum atomic E-state index is -0.657. The monoisotopic (exact) mass is 512 g/mol. The Balaban J connectivity index is 1.76. The first kappa shape index (κ1) is 25.2. The van der Waals surface area contributed by atoms with E-state index >= 15 is 0 Å². The number of rotatable bonds is 5. The number of ketones is 1. The van der Waals surface area contributed by atoms with E-state index in [0.717, 1.165) is 11.1 Å². The van der Waals surface area contributed by atoms with E-state index < -0.39 is 11.5 Å². The number of nitrogens with two attached hydrogens (primary N) is 1. The van der Waals surface area contributed by atoms with Crippen molar-refractivity contribution in [3.8, 4) is 28.7 Å². The van der Waals surface area contributed by atoms with Gasteiger partial charge in [0.15, 0.2) is 17.3 Å². The molecule has 1 aromatic heterocycles. The third kappa shape index (κ3) is 4.10. The molecule has 5 rings (SSSR count). The fraction of sp³-hybridized carbons (Fsp3) is 0.300. The molecular formula is C30H28N2O6. The molecule has 2 heterocycles. The molecule has 0 amide bonds. The minimum Gasteiger partial charge on any atom is -0.493 e.